The van der Waals surface area contributed by atoms with Crippen molar-refractivity contribution in [2.75, 3.05) is 40.0 Å². The number of carbonyl (C=O) groups is 2. The SMILES string of the molecule is COCCNCC(=O)NCCOC(N)=O. The van der Waals surface area contributed by atoms with Crippen LogP contribution in [-0.4, -0.2) is 52.0 Å². The van der Waals surface area contributed by atoms with Gasteiger partial charge in [0.15, 0.2) is 0 Å². The molecule has 0 aliphatic heterocycles. The van der Waals surface area contributed by atoms with E-state index in [9.17, 15) is 9.59 Å². The number of nitrogens with one attached hydrogen (secondary N) is 2. The Labute approximate surface area is 88.3 Å². The molecule has 0 aromatic heterocycles. The van der Waals surface area contributed by atoms with Crippen molar-refractivity contribution < 1.29 is 19.1 Å². The summed E-state index contributed by atoms with van der Waals surface area (Å²) in [6, 6.07) is 0. The number of carbonyl (C=O) groups excluding carboxylic acids is 2. The Morgan fingerprint density at radius 2 is 2.00 bits per heavy atom. The number of hydrogen-bond acceptors (Lipinski definition) is 5. The van der Waals surface area contributed by atoms with Gasteiger partial charge in [0.25, 0.3) is 0 Å². The minimum absolute atomic E-state index is 0.0825. The molecule has 0 aromatic rings. The van der Waals surface area contributed by atoms with E-state index in [1.807, 2.05) is 0 Å². The lowest BCUT2D eigenvalue weighted by Gasteiger charge is -2.06. The van der Waals surface area contributed by atoms with Crippen molar-refractivity contribution in [2.45, 2.75) is 0 Å². The molecule has 7 nitrogen and oxygen atoms in total. The van der Waals surface area contributed by atoms with Gasteiger partial charge in [0, 0.05) is 13.7 Å². The molecular formula is C8H17N3O4. The smallest absolute Gasteiger partial charge is 0.404 e. The van der Waals surface area contributed by atoms with E-state index in [1.165, 1.54) is 0 Å². The maximum absolute atomic E-state index is 11.1. The van der Waals surface area contributed by atoms with Gasteiger partial charge in [-0.25, -0.2) is 4.79 Å². The molecule has 0 fully saturated rings. The maximum Gasteiger partial charge on any atom is 0.404 e. The predicted molar refractivity (Wildman–Crippen MR) is 53.3 cm³/mol. The Balaban J connectivity index is 3.22. The predicted octanol–water partition coefficient (Wildman–Crippen LogP) is -1.57. The summed E-state index contributed by atoms with van der Waals surface area (Å²) in [7, 11) is 1.59. The molecule has 0 spiro atoms. The minimum Gasteiger partial charge on any atom is -0.448 e. The van der Waals surface area contributed by atoms with Crippen LogP contribution in [-0.2, 0) is 14.3 Å². The Kier molecular flexibility index (Phi) is 8.40. The topological polar surface area (TPSA) is 103 Å². The summed E-state index contributed by atoms with van der Waals surface area (Å²) < 4.78 is 9.20. The number of methoxy groups -OCH3 is 1. The van der Waals surface area contributed by atoms with Crippen molar-refractivity contribution in [3.05, 3.63) is 0 Å². The van der Waals surface area contributed by atoms with Gasteiger partial charge in [-0.05, 0) is 0 Å². The minimum atomic E-state index is -0.845. The van der Waals surface area contributed by atoms with E-state index in [1.54, 1.807) is 7.11 Å². The number of rotatable bonds is 8. The summed E-state index contributed by atoms with van der Waals surface area (Å²) in [5, 5.41) is 5.41. The van der Waals surface area contributed by atoms with Crippen molar-refractivity contribution in [1.29, 1.82) is 0 Å². The second kappa shape index (κ2) is 9.22. The third-order valence-corrected chi connectivity index (χ3v) is 1.44. The van der Waals surface area contributed by atoms with Crippen LogP contribution >= 0.6 is 0 Å². The number of nitrogens with two attached hydrogens (primary N) is 1. The highest BCUT2D eigenvalue weighted by molar-refractivity contribution is 5.77. The molecule has 2 amide bonds. The zero-order valence-corrected chi connectivity index (χ0v) is 8.75. The van der Waals surface area contributed by atoms with Gasteiger partial charge in [0.05, 0.1) is 19.7 Å². The van der Waals surface area contributed by atoms with E-state index < -0.39 is 6.09 Å². The maximum atomic E-state index is 11.1. The fraction of sp³-hybridized carbons (Fsp3) is 0.750. The molecule has 0 aliphatic carbocycles. The van der Waals surface area contributed by atoms with Crippen LogP contribution < -0.4 is 16.4 Å². The van der Waals surface area contributed by atoms with Gasteiger partial charge in [0.2, 0.25) is 5.91 Å². The Morgan fingerprint density at radius 3 is 2.60 bits per heavy atom. The van der Waals surface area contributed by atoms with Crippen LogP contribution in [0, 0.1) is 0 Å². The second-order valence-corrected chi connectivity index (χ2v) is 2.69. The number of ether oxygens (including phenoxy) is 2. The van der Waals surface area contributed by atoms with E-state index >= 15 is 0 Å². The largest absolute Gasteiger partial charge is 0.448 e. The van der Waals surface area contributed by atoms with Gasteiger partial charge in [-0.1, -0.05) is 0 Å². The zero-order chi connectivity index (χ0) is 11.5. The molecule has 15 heavy (non-hydrogen) atoms. The third kappa shape index (κ3) is 10.6. The van der Waals surface area contributed by atoms with Gasteiger partial charge < -0.3 is 25.8 Å². The molecule has 0 aliphatic rings. The molecule has 0 heterocycles. The van der Waals surface area contributed by atoms with E-state index in [0.29, 0.717) is 13.2 Å². The molecule has 0 unspecified atom stereocenters. The quantitative estimate of drug-likeness (QED) is 0.428. The zero-order valence-electron chi connectivity index (χ0n) is 8.75. The Bertz CT molecular complexity index is 198. The molecule has 0 radical (unpaired) electrons. The van der Waals surface area contributed by atoms with Gasteiger partial charge in [-0.2, -0.15) is 0 Å². The van der Waals surface area contributed by atoms with Crippen molar-refractivity contribution in [3.63, 3.8) is 0 Å². The molecule has 7 heteroatoms. The van der Waals surface area contributed by atoms with E-state index in [2.05, 4.69) is 15.4 Å². The summed E-state index contributed by atoms with van der Waals surface area (Å²) in [4.78, 5) is 21.2. The summed E-state index contributed by atoms with van der Waals surface area (Å²) >= 11 is 0. The van der Waals surface area contributed by atoms with Crippen LogP contribution in [0.4, 0.5) is 4.79 Å². The molecule has 0 saturated carbocycles. The van der Waals surface area contributed by atoms with Gasteiger partial charge in [-0.15, -0.1) is 0 Å². The van der Waals surface area contributed by atoms with Crippen LogP contribution in [0.1, 0.15) is 0 Å². The highest BCUT2D eigenvalue weighted by Gasteiger charge is 1.99. The first-order chi connectivity index (χ1) is 7.16. The first-order valence-corrected chi connectivity index (χ1v) is 4.55. The molecule has 0 atom stereocenters. The third-order valence-electron chi connectivity index (χ3n) is 1.44. The van der Waals surface area contributed by atoms with Crippen molar-refractivity contribution in [3.8, 4) is 0 Å². The fourth-order valence-electron chi connectivity index (χ4n) is 0.781. The van der Waals surface area contributed by atoms with Gasteiger partial charge >= 0.3 is 6.09 Å². The van der Waals surface area contributed by atoms with Crippen molar-refractivity contribution >= 4 is 12.0 Å². The van der Waals surface area contributed by atoms with Gasteiger partial charge in [-0.3, -0.25) is 4.79 Å². The summed E-state index contributed by atoms with van der Waals surface area (Å²) in [5.41, 5.74) is 4.72. The average Bonchev–Trinajstić information content (AvgIpc) is 2.19. The van der Waals surface area contributed by atoms with E-state index in [-0.39, 0.29) is 25.6 Å². The van der Waals surface area contributed by atoms with Crippen LogP contribution in [0.2, 0.25) is 0 Å². The first kappa shape index (κ1) is 13.7. The molecular weight excluding hydrogens is 202 g/mol. The average molecular weight is 219 g/mol. The molecule has 0 saturated heterocycles. The van der Waals surface area contributed by atoms with Crippen molar-refractivity contribution in [2.24, 2.45) is 5.73 Å². The van der Waals surface area contributed by atoms with Crippen molar-refractivity contribution in [1.82, 2.24) is 10.6 Å². The van der Waals surface area contributed by atoms with Crippen LogP contribution in [0.3, 0.4) is 0 Å². The fourth-order valence-corrected chi connectivity index (χ4v) is 0.781. The van der Waals surface area contributed by atoms with E-state index in [4.69, 9.17) is 10.5 Å². The van der Waals surface area contributed by atoms with Gasteiger partial charge in [0.1, 0.15) is 6.61 Å². The van der Waals surface area contributed by atoms with Crippen LogP contribution in [0.15, 0.2) is 0 Å². The highest BCUT2D eigenvalue weighted by Crippen LogP contribution is 1.72. The lowest BCUT2D eigenvalue weighted by atomic mass is 10.5. The lowest BCUT2D eigenvalue weighted by molar-refractivity contribution is -0.120. The summed E-state index contributed by atoms with van der Waals surface area (Å²) in [5.74, 6) is -0.167. The summed E-state index contributed by atoms with van der Waals surface area (Å²) in [6.07, 6.45) is -0.845. The standard InChI is InChI=1S/C8H17N3O4/c1-14-4-2-10-6-7(12)11-3-5-15-8(9)13/h10H,2-6H2,1H3,(H2,9,13)(H,11,12). The molecule has 0 rings (SSSR count). The molecule has 4 N–H and O–H groups in total. The summed E-state index contributed by atoms with van der Waals surface area (Å²) in [6.45, 7) is 1.71. The molecule has 0 aromatic carbocycles. The molecule has 0 bridgehead atoms. The van der Waals surface area contributed by atoms with Crippen LogP contribution in [0.25, 0.3) is 0 Å². The second-order valence-electron chi connectivity index (χ2n) is 2.69. The number of primary amides is 1. The Morgan fingerprint density at radius 1 is 1.27 bits per heavy atom. The lowest BCUT2D eigenvalue weighted by Crippen LogP contribution is -2.37. The van der Waals surface area contributed by atoms with E-state index in [0.717, 1.165) is 0 Å². The first-order valence-electron chi connectivity index (χ1n) is 4.55. The highest BCUT2D eigenvalue weighted by atomic mass is 16.5. The van der Waals surface area contributed by atoms with Crippen LogP contribution in [0.5, 0.6) is 0 Å². The molecule has 88 valence electrons. The Hall–Kier alpha value is -1.34. The number of hydrogen-bond donors (Lipinski definition) is 3. The monoisotopic (exact) mass is 219 g/mol. The number of amides is 2. The normalized spacial score (nSPS) is 9.67.